The Morgan fingerprint density at radius 2 is 0.941 bits per heavy atom. The number of allylic oxidation sites excluding steroid dienone is 4. The minimum absolute atomic E-state index is 0.338. The van der Waals surface area contributed by atoms with E-state index in [2.05, 4.69) is 127 Å². The van der Waals surface area contributed by atoms with Crippen molar-refractivity contribution in [2.45, 2.75) is 17.3 Å². The summed E-state index contributed by atoms with van der Waals surface area (Å²) in [4.78, 5) is 15.5. The Balaban J connectivity index is 1.15. The number of aromatic nitrogens is 3. The summed E-state index contributed by atoms with van der Waals surface area (Å²) >= 11 is 0. The van der Waals surface area contributed by atoms with Crippen LogP contribution in [0.15, 0.2) is 164 Å². The average molecular weight is 650 g/mol. The molecular weight excluding hydrogens is 619 g/mol. The maximum atomic E-state index is 5.22. The molecule has 13 rings (SSSR count). The number of hydrogen-bond acceptors (Lipinski definition) is 3. The fourth-order valence-electron chi connectivity index (χ4n) is 9.99. The molecule has 0 aliphatic heterocycles. The van der Waals surface area contributed by atoms with Gasteiger partial charge in [-0.05, 0) is 79.5 Å². The second-order valence-electron chi connectivity index (χ2n) is 14.6. The summed E-state index contributed by atoms with van der Waals surface area (Å²) in [5.74, 6) is 4.16. The van der Waals surface area contributed by atoms with Gasteiger partial charge in [0.1, 0.15) is 0 Å². The number of hydrogen-bond donors (Lipinski definition) is 0. The van der Waals surface area contributed by atoms with Crippen LogP contribution in [0.5, 0.6) is 0 Å². The Labute approximate surface area is 296 Å². The molecule has 3 atom stereocenters. The van der Waals surface area contributed by atoms with Gasteiger partial charge in [-0.3, -0.25) is 0 Å². The molecule has 1 saturated carbocycles. The SMILES string of the molecule is C1=CC2C3C=CC1c1cc4c(cc1C23)C1(c2ccccc2-4)c2ccccc2-c2c(-c3nc(-c4ccccc4)nc(-c4ccccc4)n3)cccc21. The highest BCUT2D eigenvalue weighted by Gasteiger charge is 2.55. The van der Waals surface area contributed by atoms with Gasteiger partial charge in [0.2, 0.25) is 0 Å². The molecule has 0 radical (unpaired) electrons. The van der Waals surface area contributed by atoms with Crippen LogP contribution in [-0.4, -0.2) is 15.0 Å². The lowest BCUT2D eigenvalue weighted by Crippen LogP contribution is -2.26. The largest absolute Gasteiger partial charge is 0.208 e. The summed E-state index contributed by atoms with van der Waals surface area (Å²) in [5.41, 5.74) is 16.1. The zero-order valence-electron chi connectivity index (χ0n) is 27.7. The molecule has 1 heterocycles. The van der Waals surface area contributed by atoms with Gasteiger partial charge in [0.25, 0.3) is 0 Å². The van der Waals surface area contributed by atoms with Gasteiger partial charge in [0, 0.05) is 22.6 Å². The molecule has 238 valence electrons. The predicted molar refractivity (Wildman–Crippen MR) is 203 cm³/mol. The third kappa shape index (κ3) is 3.60. The summed E-state index contributed by atoms with van der Waals surface area (Å²) in [7, 11) is 0. The lowest BCUT2D eigenvalue weighted by molar-refractivity contribution is 0.789. The summed E-state index contributed by atoms with van der Waals surface area (Å²) in [5, 5.41) is 0. The number of rotatable bonds is 3. The van der Waals surface area contributed by atoms with Gasteiger partial charge in [-0.2, -0.15) is 0 Å². The summed E-state index contributed by atoms with van der Waals surface area (Å²) in [6, 6.07) is 50.7. The number of nitrogens with zero attached hydrogens (tertiary/aromatic N) is 3. The van der Waals surface area contributed by atoms with Gasteiger partial charge >= 0.3 is 0 Å². The molecule has 6 aliphatic carbocycles. The minimum atomic E-state index is -0.447. The maximum absolute atomic E-state index is 5.22. The fourth-order valence-corrected chi connectivity index (χ4v) is 9.99. The van der Waals surface area contributed by atoms with Crippen LogP contribution in [0.25, 0.3) is 56.4 Å². The van der Waals surface area contributed by atoms with Crippen LogP contribution < -0.4 is 0 Å². The maximum Gasteiger partial charge on any atom is 0.164 e. The summed E-state index contributed by atoms with van der Waals surface area (Å²) < 4.78 is 0. The van der Waals surface area contributed by atoms with E-state index in [1.165, 1.54) is 55.6 Å². The van der Waals surface area contributed by atoms with Crippen molar-refractivity contribution in [1.29, 1.82) is 0 Å². The highest BCUT2D eigenvalue weighted by atomic mass is 15.0. The molecule has 3 nitrogen and oxygen atoms in total. The normalized spacial score (nSPS) is 23.2. The van der Waals surface area contributed by atoms with Gasteiger partial charge in [0.15, 0.2) is 17.5 Å². The summed E-state index contributed by atoms with van der Waals surface area (Å²) in [6.07, 6.45) is 9.88. The topological polar surface area (TPSA) is 38.7 Å². The van der Waals surface area contributed by atoms with E-state index in [0.29, 0.717) is 41.1 Å². The molecule has 3 unspecified atom stereocenters. The molecule has 0 saturated heterocycles. The van der Waals surface area contributed by atoms with Crippen molar-refractivity contribution in [3.63, 3.8) is 0 Å². The van der Waals surface area contributed by atoms with E-state index in [1.807, 2.05) is 36.4 Å². The Hall–Kier alpha value is -6.19. The van der Waals surface area contributed by atoms with Gasteiger partial charge in [0.05, 0.1) is 5.41 Å². The quantitative estimate of drug-likeness (QED) is 0.179. The second-order valence-corrected chi connectivity index (χ2v) is 14.6. The Morgan fingerprint density at radius 3 is 1.63 bits per heavy atom. The zero-order chi connectivity index (χ0) is 33.3. The first-order chi connectivity index (χ1) is 25.3. The third-order valence-corrected chi connectivity index (χ3v) is 12.2. The van der Waals surface area contributed by atoms with Crippen molar-refractivity contribution in [2.75, 3.05) is 0 Å². The van der Waals surface area contributed by atoms with Crippen molar-refractivity contribution < 1.29 is 0 Å². The van der Waals surface area contributed by atoms with Gasteiger partial charge < -0.3 is 0 Å². The molecule has 1 fully saturated rings. The first kappa shape index (κ1) is 27.6. The highest BCUT2D eigenvalue weighted by Crippen LogP contribution is 2.67. The molecule has 3 heteroatoms. The lowest BCUT2D eigenvalue weighted by Gasteiger charge is -2.31. The molecule has 51 heavy (non-hydrogen) atoms. The van der Waals surface area contributed by atoms with Crippen LogP contribution in [0.4, 0.5) is 0 Å². The molecule has 4 bridgehead atoms. The number of benzene rings is 6. The number of fused-ring (bicyclic) bond motifs is 10. The van der Waals surface area contributed by atoms with E-state index >= 15 is 0 Å². The van der Waals surface area contributed by atoms with E-state index in [1.54, 1.807) is 0 Å². The molecule has 6 aromatic carbocycles. The Kier molecular flexibility index (Phi) is 5.39. The molecule has 0 amide bonds. The van der Waals surface area contributed by atoms with Gasteiger partial charge in [-0.25, -0.2) is 15.0 Å². The first-order valence-corrected chi connectivity index (χ1v) is 18.0. The Bertz CT molecular complexity index is 2590. The molecule has 0 N–H and O–H groups in total. The smallest absolute Gasteiger partial charge is 0.164 e. The summed E-state index contributed by atoms with van der Waals surface area (Å²) in [6.45, 7) is 0. The fraction of sp³-hybridized carbons (Fsp3) is 0.104. The highest BCUT2D eigenvalue weighted by molar-refractivity contribution is 5.99. The van der Waals surface area contributed by atoms with Gasteiger partial charge in [-0.1, -0.05) is 158 Å². The van der Waals surface area contributed by atoms with Crippen molar-refractivity contribution in [1.82, 2.24) is 15.0 Å². The predicted octanol–water partition coefficient (Wildman–Crippen LogP) is 10.8. The standard InChI is InChI=1S/C48H31N3/c1-3-12-29(13-4-1)45-49-46(30-14-5-2-6-15-30)51-47(50-45)35-18-11-21-41-44(35)34-17-8-10-20-40(34)48(41)39-19-9-7-16-31(39)37-26-36-28-22-24-32-33(25-23-28)43(32)38(36)27-42(37)48/h1-28,32-33,43H. The van der Waals surface area contributed by atoms with Crippen molar-refractivity contribution in [3.05, 3.63) is 197 Å². The van der Waals surface area contributed by atoms with Crippen LogP contribution in [0.1, 0.15) is 45.2 Å². The van der Waals surface area contributed by atoms with Crippen LogP contribution >= 0.6 is 0 Å². The van der Waals surface area contributed by atoms with Crippen molar-refractivity contribution >= 4 is 0 Å². The van der Waals surface area contributed by atoms with Crippen LogP contribution in [-0.2, 0) is 5.41 Å². The van der Waals surface area contributed by atoms with Crippen LogP contribution in [0.2, 0.25) is 0 Å². The molecular formula is C48H31N3. The van der Waals surface area contributed by atoms with E-state index in [9.17, 15) is 0 Å². The second kappa shape index (κ2) is 9.95. The monoisotopic (exact) mass is 649 g/mol. The van der Waals surface area contributed by atoms with E-state index in [4.69, 9.17) is 15.0 Å². The van der Waals surface area contributed by atoms with Crippen molar-refractivity contribution in [3.8, 4) is 56.4 Å². The van der Waals surface area contributed by atoms with Crippen LogP contribution in [0.3, 0.4) is 0 Å². The first-order valence-electron chi connectivity index (χ1n) is 18.0. The molecule has 1 aromatic heterocycles. The van der Waals surface area contributed by atoms with E-state index in [0.717, 1.165) is 16.7 Å². The van der Waals surface area contributed by atoms with Gasteiger partial charge in [-0.15, -0.1) is 0 Å². The lowest BCUT2D eigenvalue weighted by atomic mass is 9.70. The molecule has 1 spiro atoms. The molecule has 7 aromatic rings. The van der Waals surface area contributed by atoms with Crippen LogP contribution in [0, 0.1) is 11.8 Å². The zero-order valence-corrected chi connectivity index (χ0v) is 27.7. The minimum Gasteiger partial charge on any atom is -0.208 e. The van der Waals surface area contributed by atoms with Crippen molar-refractivity contribution in [2.24, 2.45) is 11.8 Å². The molecule has 6 aliphatic rings. The van der Waals surface area contributed by atoms with E-state index in [-0.39, 0.29) is 0 Å². The average Bonchev–Trinajstić information content (AvgIpc) is 3.86. The third-order valence-electron chi connectivity index (χ3n) is 12.2. The Morgan fingerprint density at radius 1 is 0.392 bits per heavy atom. The van der Waals surface area contributed by atoms with E-state index < -0.39 is 5.41 Å².